The topological polar surface area (TPSA) is 50.8 Å². The van der Waals surface area contributed by atoms with Crippen LogP contribution in [0.25, 0.3) is 0 Å². The number of ether oxygens (including phenoxy) is 1. The fourth-order valence-corrected chi connectivity index (χ4v) is 1.81. The van der Waals surface area contributed by atoms with E-state index in [-0.39, 0.29) is 0 Å². The molecule has 0 aliphatic carbocycles. The van der Waals surface area contributed by atoms with Gasteiger partial charge in [-0.3, -0.25) is 4.68 Å². The molecule has 1 heterocycles. The fraction of sp³-hybridized carbons (Fsp3) is 0.231. The molecule has 0 N–H and O–H groups in total. The lowest BCUT2D eigenvalue weighted by Crippen LogP contribution is -2.05. The summed E-state index contributed by atoms with van der Waals surface area (Å²) in [6.07, 6.45) is 2.53. The van der Waals surface area contributed by atoms with Crippen LogP contribution in [0.4, 0.5) is 0 Å². The van der Waals surface area contributed by atoms with Crippen molar-refractivity contribution >= 4 is 11.6 Å². The Labute approximate surface area is 110 Å². The van der Waals surface area contributed by atoms with Gasteiger partial charge in [0.05, 0.1) is 17.2 Å². The Balaban J connectivity index is 1.93. The zero-order valence-electron chi connectivity index (χ0n) is 9.93. The first-order valence-electron chi connectivity index (χ1n) is 5.50. The minimum absolute atomic E-state index is 0.413. The summed E-state index contributed by atoms with van der Waals surface area (Å²) in [6, 6.07) is 9.02. The number of aryl methyl sites for hydroxylation is 1. The Morgan fingerprint density at radius 1 is 1.44 bits per heavy atom. The first kappa shape index (κ1) is 12.5. The molecule has 92 valence electrons. The van der Waals surface area contributed by atoms with Crippen molar-refractivity contribution in [2.75, 3.05) is 6.61 Å². The van der Waals surface area contributed by atoms with Crippen molar-refractivity contribution < 1.29 is 4.74 Å². The lowest BCUT2D eigenvalue weighted by Gasteiger charge is -2.07. The van der Waals surface area contributed by atoms with E-state index >= 15 is 0 Å². The maximum atomic E-state index is 8.76. The van der Waals surface area contributed by atoms with Gasteiger partial charge in [0.2, 0.25) is 0 Å². The number of aromatic nitrogens is 2. The molecule has 0 bridgehead atoms. The molecule has 0 spiro atoms. The quantitative estimate of drug-likeness (QED) is 0.850. The minimum Gasteiger partial charge on any atom is -0.493 e. The van der Waals surface area contributed by atoms with Gasteiger partial charge in [0.15, 0.2) is 0 Å². The number of nitrogens with zero attached hydrogens (tertiary/aromatic N) is 3. The van der Waals surface area contributed by atoms with Crippen molar-refractivity contribution in [1.82, 2.24) is 9.78 Å². The Bertz CT molecular complexity index is 586. The van der Waals surface area contributed by atoms with Gasteiger partial charge in [0, 0.05) is 31.4 Å². The summed E-state index contributed by atoms with van der Waals surface area (Å²) in [5.74, 6) is 0.668. The Hall–Kier alpha value is -1.99. The van der Waals surface area contributed by atoms with Crippen LogP contribution in [0.1, 0.15) is 11.3 Å². The zero-order valence-corrected chi connectivity index (χ0v) is 10.7. The van der Waals surface area contributed by atoms with E-state index in [1.165, 1.54) is 0 Å². The van der Waals surface area contributed by atoms with Gasteiger partial charge in [-0.2, -0.15) is 10.4 Å². The fourth-order valence-electron chi connectivity index (χ4n) is 1.60. The molecule has 4 nitrogen and oxygen atoms in total. The Morgan fingerprint density at radius 2 is 2.28 bits per heavy atom. The van der Waals surface area contributed by atoms with E-state index in [2.05, 4.69) is 5.10 Å². The maximum absolute atomic E-state index is 8.76. The number of nitriles is 1. The highest BCUT2D eigenvalue weighted by molar-refractivity contribution is 6.31. The van der Waals surface area contributed by atoms with E-state index < -0.39 is 0 Å². The second-order valence-corrected chi connectivity index (χ2v) is 4.21. The molecule has 0 radical (unpaired) electrons. The van der Waals surface area contributed by atoms with Crippen LogP contribution in [0.3, 0.4) is 0 Å². The van der Waals surface area contributed by atoms with Gasteiger partial charge in [-0.1, -0.05) is 11.6 Å². The summed E-state index contributed by atoms with van der Waals surface area (Å²) in [5, 5.41) is 13.3. The predicted octanol–water partition coefficient (Wildman–Crippen LogP) is 2.57. The molecule has 0 saturated carbocycles. The second-order valence-electron chi connectivity index (χ2n) is 3.80. The number of rotatable bonds is 4. The SMILES string of the molecule is Cn1nccc1CCOc1ccc(C#N)c(Cl)c1. The van der Waals surface area contributed by atoms with Crippen LogP contribution >= 0.6 is 11.6 Å². The van der Waals surface area contributed by atoms with Gasteiger partial charge < -0.3 is 4.74 Å². The van der Waals surface area contributed by atoms with Crippen molar-refractivity contribution in [3.05, 3.63) is 46.7 Å². The first-order valence-corrected chi connectivity index (χ1v) is 5.88. The smallest absolute Gasteiger partial charge is 0.120 e. The van der Waals surface area contributed by atoms with Crippen LogP contribution < -0.4 is 4.74 Å². The first-order chi connectivity index (χ1) is 8.70. The maximum Gasteiger partial charge on any atom is 0.120 e. The number of benzene rings is 1. The van der Waals surface area contributed by atoms with E-state index in [1.807, 2.05) is 23.9 Å². The molecule has 0 aliphatic heterocycles. The Kier molecular flexibility index (Phi) is 3.85. The van der Waals surface area contributed by atoms with E-state index in [4.69, 9.17) is 21.6 Å². The molecule has 5 heteroatoms. The molecule has 1 aromatic heterocycles. The summed E-state index contributed by atoms with van der Waals surface area (Å²) in [6.45, 7) is 0.543. The summed E-state index contributed by atoms with van der Waals surface area (Å²) in [7, 11) is 1.90. The van der Waals surface area contributed by atoms with Gasteiger partial charge in [0.25, 0.3) is 0 Å². The molecule has 0 aliphatic rings. The molecule has 0 unspecified atom stereocenters. The average molecular weight is 262 g/mol. The standard InChI is InChI=1S/C13H12ClN3O/c1-17-11(4-6-16-17)5-7-18-12-3-2-10(9-15)13(14)8-12/h2-4,6,8H,5,7H2,1H3. The summed E-state index contributed by atoms with van der Waals surface area (Å²) in [5.41, 5.74) is 1.56. The van der Waals surface area contributed by atoms with E-state index in [1.54, 1.807) is 24.4 Å². The Morgan fingerprint density at radius 3 is 2.89 bits per heavy atom. The van der Waals surface area contributed by atoms with Crippen molar-refractivity contribution in [3.8, 4) is 11.8 Å². The second kappa shape index (κ2) is 5.56. The van der Waals surface area contributed by atoms with Crippen molar-refractivity contribution in [2.45, 2.75) is 6.42 Å². The highest BCUT2D eigenvalue weighted by Crippen LogP contribution is 2.21. The molecule has 18 heavy (non-hydrogen) atoms. The number of halogens is 1. The molecule has 2 aromatic rings. The molecular formula is C13H12ClN3O. The largest absolute Gasteiger partial charge is 0.493 e. The van der Waals surface area contributed by atoms with Gasteiger partial charge in [-0.15, -0.1) is 0 Å². The van der Waals surface area contributed by atoms with Crippen molar-refractivity contribution in [3.63, 3.8) is 0 Å². The zero-order chi connectivity index (χ0) is 13.0. The average Bonchev–Trinajstić information content (AvgIpc) is 2.75. The van der Waals surface area contributed by atoms with E-state index in [9.17, 15) is 0 Å². The van der Waals surface area contributed by atoms with Crippen LogP contribution in [0.5, 0.6) is 5.75 Å². The minimum atomic E-state index is 0.413. The molecule has 0 atom stereocenters. The highest BCUT2D eigenvalue weighted by Gasteiger charge is 2.03. The summed E-state index contributed by atoms with van der Waals surface area (Å²) < 4.78 is 7.39. The molecule has 2 rings (SSSR count). The molecular weight excluding hydrogens is 250 g/mol. The van der Waals surface area contributed by atoms with Gasteiger partial charge >= 0.3 is 0 Å². The van der Waals surface area contributed by atoms with E-state index in [0.717, 1.165) is 12.1 Å². The third-order valence-corrected chi connectivity index (χ3v) is 2.92. The third-order valence-electron chi connectivity index (χ3n) is 2.61. The normalized spacial score (nSPS) is 10.1. The summed E-state index contributed by atoms with van der Waals surface area (Å²) in [4.78, 5) is 0. The van der Waals surface area contributed by atoms with Gasteiger partial charge in [-0.25, -0.2) is 0 Å². The lowest BCUT2D eigenvalue weighted by atomic mass is 10.2. The van der Waals surface area contributed by atoms with Crippen molar-refractivity contribution in [1.29, 1.82) is 5.26 Å². The van der Waals surface area contributed by atoms with Crippen LogP contribution in [-0.4, -0.2) is 16.4 Å². The molecule has 1 aromatic carbocycles. The van der Waals surface area contributed by atoms with Crippen LogP contribution in [0.2, 0.25) is 5.02 Å². The van der Waals surface area contributed by atoms with Gasteiger partial charge in [-0.05, 0) is 18.2 Å². The third kappa shape index (κ3) is 2.82. The molecule has 0 amide bonds. The van der Waals surface area contributed by atoms with Crippen LogP contribution in [0.15, 0.2) is 30.5 Å². The highest BCUT2D eigenvalue weighted by atomic mass is 35.5. The number of hydrogen-bond acceptors (Lipinski definition) is 3. The monoisotopic (exact) mass is 261 g/mol. The summed E-state index contributed by atoms with van der Waals surface area (Å²) >= 11 is 5.92. The van der Waals surface area contributed by atoms with Gasteiger partial charge in [0.1, 0.15) is 11.8 Å². The van der Waals surface area contributed by atoms with E-state index in [0.29, 0.717) is 22.9 Å². The molecule has 0 fully saturated rings. The number of hydrogen-bond donors (Lipinski definition) is 0. The lowest BCUT2D eigenvalue weighted by molar-refractivity contribution is 0.318. The van der Waals surface area contributed by atoms with Crippen LogP contribution in [-0.2, 0) is 13.5 Å². The predicted molar refractivity (Wildman–Crippen MR) is 68.6 cm³/mol. The molecule has 0 saturated heterocycles. The van der Waals surface area contributed by atoms with Crippen molar-refractivity contribution in [2.24, 2.45) is 7.05 Å². The van der Waals surface area contributed by atoms with Crippen LogP contribution in [0, 0.1) is 11.3 Å².